The quantitative estimate of drug-likeness (QED) is 0.690. The van der Waals surface area contributed by atoms with Crippen molar-refractivity contribution in [2.24, 2.45) is 0 Å². The molecule has 2 amide bonds. The van der Waals surface area contributed by atoms with E-state index in [0.717, 1.165) is 10.6 Å². The molecule has 0 bridgehead atoms. The number of nitrogens with zero attached hydrogens (tertiary/aromatic N) is 2. The van der Waals surface area contributed by atoms with Gasteiger partial charge in [-0.25, -0.2) is 4.98 Å². The number of methoxy groups -OCH3 is 2. The molecule has 0 saturated heterocycles. The number of ether oxygens (including phenoxy) is 2. The van der Waals surface area contributed by atoms with Crippen LogP contribution in [0.3, 0.4) is 0 Å². The third-order valence-corrected chi connectivity index (χ3v) is 5.66. The molecule has 0 unspecified atom stereocenters. The van der Waals surface area contributed by atoms with Crippen LogP contribution in [0.4, 0.5) is 5.13 Å². The summed E-state index contributed by atoms with van der Waals surface area (Å²) in [5.74, 6) is 0.700. The molecule has 1 aliphatic rings. The van der Waals surface area contributed by atoms with Crippen LogP contribution in [0.25, 0.3) is 0 Å². The van der Waals surface area contributed by atoms with E-state index < -0.39 is 0 Å². The van der Waals surface area contributed by atoms with Crippen molar-refractivity contribution in [1.82, 2.24) is 9.88 Å². The molecule has 29 heavy (non-hydrogen) atoms. The first-order valence-electron chi connectivity index (χ1n) is 8.92. The number of anilines is 1. The Kier molecular flexibility index (Phi) is 5.22. The van der Waals surface area contributed by atoms with Gasteiger partial charge in [0.2, 0.25) is 0 Å². The zero-order valence-electron chi connectivity index (χ0n) is 15.9. The van der Waals surface area contributed by atoms with Crippen molar-refractivity contribution in [2.75, 3.05) is 26.1 Å². The van der Waals surface area contributed by atoms with Gasteiger partial charge in [0.15, 0.2) is 5.13 Å². The number of aromatic nitrogens is 1. The van der Waals surface area contributed by atoms with Crippen molar-refractivity contribution in [2.45, 2.75) is 13.0 Å². The van der Waals surface area contributed by atoms with Gasteiger partial charge in [-0.2, -0.15) is 0 Å². The van der Waals surface area contributed by atoms with E-state index in [1.165, 1.54) is 31.0 Å². The van der Waals surface area contributed by atoms with Crippen molar-refractivity contribution in [3.05, 3.63) is 58.5 Å². The Bertz CT molecular complexity index is 1040. The van der Waals surface area contributed by atoms with E-state index in [0.29, 0.717) is 47.3 Å². The first-order valence-corrected chi connectivity index (χ1v) is 9.74. The molecular weight excluding hydrogens is 394 g/mol. The van der Waals surface area contributed by atoms with E-state index in [9.17, 15) is 9.59 Å². The van der Waals surface area contributed by atoms with Gasteiger partial charge in [0.1, 0.15) is 17.8 Å². The van der Waals surface area contributed by atoms with Crippen LogP contribution in [-0.4, -0.2) is 42.5 Å². The van der Waals surface area contributed by atoms with Crippen molar-refractivity contribution >= 4 is 28.3 Å². The molecule has 0 radical (unpaired) electrons. The molecule has 3 heterocycles. The normalized spacial score (nSPS) is 13.0. The fourth-order valence-corrected chi connectivity index (χ4v) is 4.15. The van der Waals surface area contributed by atoms with Crippen LogP contribution in [0.5, 0.6) is 11.5 Å². The van der Waals surface area contributed by atoms with Crippen molar-refractivity contribution in [3.8, 4) is 11.5 Å². The SMILES string of the molecule is COc1ccc(C(=O)N2CCc3nc(NC(=O)c4ccoc4)sc3C2)c(OC)c1. The lowest BCUT2D eigenvalue weighted by Gasteiger charge is -2.26. The average Bonchev–Trinajstić information content (AvgIpc) is 3.41. The van der Waals surface area contributed by atoms with Gasteiger partial charge < -0.3 is 18.8 Å². The predicted octanol–water partition coefficient (Wildman–Crippen LogP) is 3.20. The second kappa shape index (κ2) is 7.96. The van der Waals surface area contributed by atoms with E-state index >= 15 is 0 Å². The monoisotopic (exact) mass is 413 g/mol. The summed E-state index contributed by atoms with van der Waals surface area (Å²) in [6.45, 7) is 0.975. The van der Waals surface area contributed by atoms with Crippen molar-refractivity contribution in [1.29, 1.82) is 0 Å². The van der Waals surface area contributed by atoms with Crippen LogP contribution in [-0.2, 0) is 13.0 Å². The largest absolute Gasteiger partial charge is 0.497 e. The zero-order valence-corrected chi connectivity index (χ0v) is 16.7. The van der Waals surface area contributed by atoms with Crippen molar-refractivity contribution < 1.29 is 23.5 Å². The summed E-state index contributed by atoms with van der Waals surface area (Å²) in [5.41, 5.74) is 1.82. The third kappa shape index (κ3) is 3.81. The number of carbonyl (C=O) groups is 2. The third-order valence-electron chi connectivity index (χ3n) is 4.66. The summed E-state index contributed by atoms with van der Waals surface area (Å²) >= 11 is 1.37. The maximum atomic E-state index is 13.0. The Hall–Kier alpha value is -3.33. The van der Waals surface area contributed by atoms with Gasteiger partial charge in [0.25, 0.3) is 11.8 Å². The van der Waals surface area contributed by atoms with Crippen molar-refractivity contribution in [3.63, 3.8) is 0 Å². The minimum atomic E-state index is -0.277. The molecule has 1 aromatic carbocycles. The fraction of sp³-hybridized carbons (Fsp3) is 0.250. The molecule has 0 saturated carbocycles. The van der Waals surface area contributed by atoms with Crippen LogP contribution < -0.4 is 14.8 Å². The summed E-state index contributed by atoms with van der Waals surface area (Å²) < 4.78 is 15.5. The number of carbonyl (C=O) groups excluding carboxylic acids is 2. The molecular formula is C20H19N3O5S. The molecule has 0 fully saturated rings. The number of benzene rings is 1. The topological polar surface area (TPSA) is 93.9 Å². The van der Waals surface area contributed by atoms with Crippen LogP contribution in [0, 0.1) is 0 Å². The Morgan fingerprint density at radius 2 is 2.10 bits per heavy atom. The van der Waals surface area contributed by atoms with E-state index in [-0.39, 0.29) is 11.8 Å². The lowest BCUT2D eigenvalue weighted by Crippen LogP contribution is -2.35. The zero-order chi connectivity index (χ0) is 20.4. The number of fused-ring (bicyclic) bond motifs is 1. The van der Waals surface area contributed by atoms with Crippen LogP contribution in [0.1, 0.15) is 31.3 Å². The molecule has 150 valence electrons. The summed E-state index contributed by atoms with van der Waals surface area (Å²) in [6.07, 6.45) is 3.45. The Balaban J connectivity index is 1.49. The Morgan fingerprint density at radius 1 is 1.24 bits per heavy atom. The van der Waals surface area contributed by atoms with Gasteiger partial charge in [-0.3, -0.25) is 14.9 Å². The van der Waals surface area contributed by atoms with E-state index in [2.05, 4.69) is 10.3 Å². The number of amides is 2. The molecule has 0 aliphatic carbocycles. The predicted molar refractivity (Wildman–Crippen MR) is 107 cm³/mol. The fourth-order valence-electron chi connectivity index (χ4n) is 3.13. The minimum absolute atomic E-state index is 0.118. The summed E-state index contributed by atoms with van der Waals surface area (Å²) in [5, 5.41) is 3.29. The standard InChI is InChI=1S/C20H19N3O5S/c1-26-13-3-4-14(16(9-13)27-2)19(25)23-7-5-15-17(10-23)29-20(21-15)22-18(24)12-6-8-28-11-12/h3-4,6,8-9,11H,5,7,10H2,1-2H3,(H,21,22,24). The smallest absolute Gasteiger partial charge is 0.260 e. The van der Waals surface area contributed by atoms with Gasteiger partial charge >= 0.3 is 0 Å². The highest BCUT2D eigenvalue weighted by Crippen LogP contribution is 2.31. The minimum Gasteiger partial charge on any atom is -0.497 e. The van der Waals surface area contributed by atoms with Gasteiger partial charge in [-0.05, 0) is 18.2 Å². The number of thiazole rings is 1. The van der Waals surface area contributed by atoms with Gasteiger partial charge in [0.05, 0.1) is 43.8 Å². The first-order chi connectivity index (χ1) is 14.1. The number of nitrogens with one attached hydrogen (secondary N) is 1. The number of hydrogen-bond acceptors (Lipinski definition) is 7. The second-order valence-electron chi connectivity index (χ2n) is 6.40. The lowest BCUT2D eigenvalue weighted by molar-refractivity contribution is 0.0732. The summed E-state index contributed by atoms with van der Waals surface area (Å²) in [7, 11) is 3.09. The number of hydrogen-bond donors (Lipinski definition) is 1. The van der Waals surface area contributed by atoms with E-state index in [1.807, 2.05) is 0 Å². The molecule has 0 atom stereocenters. The molecule has 0 spiro atoms. The van der Waals surface area contributed by atoms with Crippen LogP contribution in [0.2, 0.25) is 0 Å². The molecule has 4 rings (SSSR count). The molecule has 2 aromatic heterocycles. The molecule has 9 heteroatoms. The highest BCUT2D eigenvalue weighted by atomic mass is 32.1. The molecule has 1 aliphatic heterocycles. The highest BCUT2D eigenvalue weighted by Gasteiger charge is 2.27. The van der Waals surface area contributed by atoms with E-state index in [4.69, 9.17) is 13.9 Å². The first kappa shape index (κ1) is 19.0. The molecule has 8 nitrogen and oxygen atoms in total. The maximum Gasteiger partial charge on any atom is 0.260 e. The number of rotatable bonds is 5. The molecule has 1 N–H and O–H groups in total. The van der Waals surface area contributed by atoms with Gasteiger partial charge in [-0.15, -0.1) is 0 Å². The average molecular weight is 413 g/mol. The highest BCUT2D eigenvalue weighted by molar-refractivity contribution is 7.15. The number of furan rings is 1. The van der Waals surface area contributed by atoms with Gasteiger partial charge in [0, 0.05) is 23.9 Å². The second-order valence-corrected chi connectivity index (χ2v) is 7.48. The maximum absolute atomic E-state index is 13.0. The van der Waals surface area contributed by atoms with Crippen LogP contribution in [0.15, 0.2) is 41.2 Å². The Labute approximate surface area is 171 Å². The van der Waals surface area contributed by atoms with Crippen LogP contribution >= 0.6 is 11.3 Å². The lowest BCUT2D eigenvalue weighted by atomic mass is 10.1. The van der Waals surface area contributed by atoms with Gasteiger partial charge in [-0.1, -0.05) is 11.3 Å². The molecule has 3 aromatic rings. The summed E-state index contributed by atoms with van der Waals surface area (Å²) in [6, 6.07) is 6.73. The Morgan fingerprint density at radius 3 is 2.83 bits per heavy atom. The van der Waals surface area contributed by atoms with E-state index in [1.54, 1.807) is 36.3 Å². The summed E-state index contributed by atoms with van der Waals surface area (Å²) in [4.78, 5) is 32.4.